The molecule has 2 unspecified atom stereocenters. The summed E-state index contributed by atoms with van der Waals surface area (Å²) in [6.07, 6.45) is 10.0. The highest BCUT2D eigenvalue weighted by Gasteiger charge is 2.60. The SMILES string of the molecule is CCCC(C)N1C(=O)C2(CC2)NC1C1CCCC1. The number of carbonyl (C=O) groups is 1. The molecule has 102 valence electrons. The van der Waals surface area contributed by atoms with Gasteiger partial charge in [-0.15, -0.1) is 0 Å². The zero-order valence-electron chi connectivity index (χ0n) is 11.7. The van der Waals surface area contributed by atoms with Crippen LogP contribution in [0.1, 0.15) is 65.2 Å². The first-order chi connectivity index (χ1) is 8.68. The molecule has 0 aromatic heterocycles. The zero-order chi connectivity index (χ0) is 12.8. The van der Waals surface area contributed by atoms with Crippen LogP contribution in [0.2, 0.25) is 0 Å². The molecular weight excluding hydrogens is 224 g/mol. The van der Waals surface area contributed by atoms with E-state index in [9.17, 15) is 4.79 Å². The lowest BCUT2D eigenvalue weighted by Crippen LogP contribution is -2.47. The average Bonchev–Trinajstić information content (AvgIpc) is 2.83. The van der Waals surface area contributed by atoms with E-state index >= 15 is 0 Å². The molecular formula is C15H26N2O. The first kappa shape index (κ1) is 12.5. The fourth-order valence-electron chi connectivity index (χ4n) is 3.92. The Labute approximate surface area is 110 Å². The lowest BCUT2D eigenvalue weighted by Gasteiger charge is -2.33. The predicted molar refractivity (Wildman–Crippen MR) is 72.1 cm³/mol. The third-order valence-electron chi connectivity index (χ3n) is 5.15. The van der Waals surface area contributed by atoms with Crippen LogP contribution in [0, 0.1) is 5.92 Å². The van der Waals surface area contributed by atoms with Gasteiger partial charge >= 0.3 is 0 Å². The molecule has 3 rings (SSSR count). The number of carbonyl (C=O) groups excluding carboxylic acids is 1. The summed E-state index contributed by atoms with van der Waals surface area (Å²) in [5, 5.41) is 3.70. The summed E-state index contributed by atoms with van der Waals surface area (Å²) in [6, 6.07) is 0.403. The Hall–Kier alpha value is -0.570. The summed E-state index contributed by atoms with van der Waals surface area (Å²) in [7, 11) is 0. The van der Waals surface area contributed by atoms with Gasteiger partial charge in [-0.2, -0.15) is 0 Å². The minimum atomic E-state index is -0.130. The summed E-state index contributed by atoms with van der Waals surface area (Å²) in [5.74, 6) is 1.11. The Bertz CT molecular complexity index is 331. The Morgan fingerprint density at radius 3 is 2.61 bits per heavy atom. The van der Waals surface area contributed by atoms with Gasteiger partial charge in [0.25, 0.3) is 0 Å². The predicted octanol–water partition coefficient (Wildman–Crippen LogP) is 2.66. The van der Waals surface area contributed by atoms with E-state index < -0.39 is 0 Å². The molecule has 1 spiro atoms. The van der Waals surface area contributed by atoms with E-state index in [4.69, 9.17) is 0 Å². The summed E-state index contributed by atoms with van der Waals surface area (Å²) in [5.41, 5.74) is -0.130. The normalized spacial score (nSPS) is 32.4. The zero-order valence-corrected chi connectivity index (χ0v) is 11.7. The molecule has 3 fully saturated rings. The maximum absolute atomic E-state index is 12.6. The maximum Gasteiger partial charge on any atom is 0.244 e. The van der Waals surface area contributed by atoms with Gasteiger partial charge in [-0.25, -0.2) is 0 Å². The van der Waals surface area contributed by atoms with Crippen molar-refractivity contribution in [2.45, 2.75) is 83.0 Å². The highest BCUT2D eigenvalue weighted by molar-refractivity contribution is 5.92. The summed E-state index contributed by atoms with van der Waals surface area (Å²) in [6.45, 7) is 4.44. The van der Waals surface area contributed by atoms with E-state index in [-0.39, 0.29) is 5.54 Å². The van der Waals surface area contributed by atoms with Crippen LogP contribution in [-0.4, -0.2) is 28.6 Å². The van der Waals surface area contributed by atoms with Gasteiger partial charge in [-0.05, 0) is 44.9 Å². The molecule has 3 nitrogen and oxygen atoms in total. The minimum absolute atomic E-state index is 0.130. The van der Waals surface area contributed by atoms with Crippen LogP contribution in [0.3, 0.4) is 0 Å². The smallest absolute Gasteiger partial charge is 0.244 e. The van der Waals surface area contributed by atoms with Gasteiger partial charge in [0.05, 0.1) is 11.7 Å². The van der Waals surface area contributed by atoms with E-state index in [0.717, 1.165) is 25.7 Å². The molecule has 1 N–H and O–H groups in total. The van der Waals surface area contributed by atoms with Gasteiger partial charge in [0, 0.05) is 6.04 Å². The second kappa shape index (κ2) is 4.52. The topological polar surface area (TPSA) is 32.3 Å². The molecule has 1 aliphatic heterocycles. The van der Waals surface area contributed by atoms with Crippen molar-refractivity contribution in [2.24, 2.45) is 5.92 Å². The lowest BCUT2D eigenvalue weighted by atomic mass is 10.0. The van der Waals surface area contributed by atoms with Crippen molar-refractivity contribution in [3.8, 4) is 0 Å². The van der Waals surface area contributed by atoms with E-state index in [1.165, 1.54) is 25.7 Å². The number of hydrogen-bond donors (Lipinski definition) is 1. The molecule has 1 heterocycles. The molecule has 1 amide bonds. The quantitative estimate of drug-likeness (QED) is 0.832. The Kier molecular flexibility index (Phi) is 3.13. The Balaban J connectivity index is 1.79. The number of rotatable bonds is 4. The Morgan fingerprint density at radius 2 is 2.06 bits per heavy atom. The fourth-order valence-corrected chi connectivity index (χ4v) is 3.92. The molecule has 3 heteroatoms. The molecule has 0 bridgehead atoms. The molecule has 0 aromatic carbocycles. The molecule has 18 heavy (non-hydrogen) atoms. The molecule has 2 saturated carbocycles. The third kappa shape index (κ3) is 1.87. The molecule has 2 aliphatic carbocycles. The van der Waals surface area contributed by atoms with Crippen LogP contribution >= 0.6 is 0 Å². The monoisotopic (exact) mass is 250 g/mol. The molecule has 1 saturated heterocycles. The van der Waals surface area contributed by atoms with Crippen LogP contribution in [0.4, 0.5) is 0 Å². The van der Waals surface area contributed by atoms with Gasteiger partial charge in [0.15, 0.2) is 0 Å². The van der Waals surface area contributed by atoms with Crippen molar-refractivity contribution in [2.75, 3.05) is 0 Å². The van der Waals surface area contributed by atoms with Crippen molar-refractivity contribution in [1.29, 1.82) is 0 Å². The van der Waals surface area contributed by atoms with Gasteiger partial charge in [0.1, 0.15) is 0 Å². The second-order valence-electron chi connectivity index (χ2n) is 6.57. The summed E-state index contributed by atoms with van der Waals surface area (Å²) < 4.78 is 0. The summed E-state index contributed by atoms with van der Waals surface area (Å²) >= 11 is 0. The highest BCUT2D eigenvalue weighted by Crippen LogP contribution is 2.46. The standard InChI is InChI=1S/C15H26N2O/c1-3-6-11(2)17-13(12-7-4-5-8-12)16-15(9-10-15)14(17)18/h11-13,16H,3-10H2,1-2H3. The first-order valence-electron chi connectivity index (χ1n) is 7.78. The number of nitrogens with one attached hydrogen (secondary N) is 1. The molecule has 3 aliphatic rings. The summed E-state index contributed by atoms with van der Waals surface area (Å²) in [4.78, 5) is 14.9. The van der Waals surface area contributed by atoms with Crippen LogP contribution in [0.5, 0.6) is 0 Å². The Morgan fingerprint density at radius 1 is 1.39 bits per heavy atom. The molecule has 2 atom stereocenters. The largest absolute Gasteiger partial charge is 0.323 e. The van der Waals surface area contributed by atoms with Gasteiger partial charge in [-0.3, -0.25) is 10.1 Å². The average molecular weight is 250 g/mol. The van der Waals surface area contributed by atoms with Crippen molar-refractivity contribution in [3.05, 3.63) is 0 Å². The number of nitrogens with zero attached hydrogens (tertiary/aromatic N) is 1. The van der Waals surface area contributed by atoms with Gasteiger partial charge in [-0.1, -0.05) is 26.2 Å². The van der Waals surface area contributed by atoms with Crippen molar-refractivity contribution in [1.82, 2.24) is 10.2 Å². The van der Waals surface area contributed by atoms with Crippen LogP contribution in [0.15, 0.2) is 0 Å². The van der Waals surface area contributed by atoms with E-state index in [2.05, 4.69) is 24.1 Å². The van der Waals surface area contributed by atoms with Crippen molar-refractivity contribution >= 4 is 5.91 Å². The van der Waals surface area contributed by atoms with Gasteiger partial charge in [0.2, 0.25) is 5.91 Å². The maximum atomic E-state index is 12.6. The highest BCUT2D eigenvalue weighted by atomic mass is 16.2. The van der Waals surface area contributed by atoms with E-state index in [1.54, 1.807) is 0 Å². The first-order valence-corrected chi connectivity index (χ1v) is 7.78. The second-order valence-corrected chi connectivity index (χ2v) is 6.57. The minimum Gasteiger partial charge on any atom is -0.323 e. The van der Waals surface area contributed by atoms with Crippen molar-refractivity contribution in [3.63, 3.8) is 0 Å². The van der Waals surface area contributed by atoms with E-state index in [1.807, 2.05) is 0 Å². The lowest BCUT2D eigenvalue weighted by molar-refractivity contribution is -0.133. The fraction of sp³-hybridized carbons (Fsp3) is 0.933. The molecule has 0 aromatic rings. The van der Waals surface area contributed by atoms with Crippen LogP contribution < -0.4 is 5.32 Å². The number of amides is 1. The number of hydrogen-bond acceptors (Lipinski definition) is 2. The molecule has 0 radical (unpaired) electrons. The van der Waals surface area contributed by atoms with E-state index in [0.29, 0.717) is 24.0 Å². The third-order valence-corrected chi connectivity index (χ3v) is 5.15. The van der Waals surface area contributed by atoms with Crippen molar-refractivity contribution < 1.29 is 4.79 Å². The van der Waals surface area contributed by atoms with Crippen LogP contribution in [0.25, 0.3) is 0 Å². The van der Waals surface area contributed by atoms with Crippen LogP contribution in [-0.2, 0) is 4.79 Å². The van der Waals surface area contributed by atoms with Gasteiger partial charge < -0.3 is 4.90 Å².